The van der Waals surface area contributed by atoms with E-state index in [2.05, 4.69) is 5.32 Å². The summed E-state index contributed by atoms with van der Waals surface area (Å²) in [5.74, 6) is 2.35. The highest BCUT2D eigenvalue weighted by molar-refractivity contribution is 7.98. The first kappa shape index (κ1) is 17.4. The molecule has 2 heterocycles. The van der Waals surface area contributed by atoms with Crippen molar-refractivity contribution in [3.63, 3.8) is 0 Å². The van der Waals surface area contributed by atoms with Gasteiger partial charge in [0.05, 0.1) is 25.3 Å². The van der Waals surface area contributed by atoms with Gasteiger partial charge in [0.1, 0.15) is 22.1 Å². The van der Waals surface area contributed by atoms with Crippen LogP contribution in [0.25, 0.3) is 10.2 Å². The second kappa shape index (κ2) is 7.32. The fourth-order valence-electron chi connectivity index (χ4n) is 3.35. The van der Waals surface area contributed by atoms with Crippen LogP contribution in [-0.4, -0.2) is 30.4 Å². The molecular weight excluding hydrogens is 366 g/mol. The fourth-order valence-corrected chi connectivity index (χ4v) is 5.03. The van der Waals surface area contributed by atoms with Crippen LogP contribution in [0, 0.1) is 0 Å². The van der Waals surface area contributed by atoms with Gasteiger partial charge in [0, 0.05) is 10.9 Å². The Morgan fingerprint density at radius 2 is 1.96 bits per heavy atom. The second-order valence-electron chi connectivity index (χ2n) is 6.14. The third-order valence-corrected chi connectivity index (χ3v) is 6.37. The van der Waals surface area contributed by atoms with Crippen molar-refractivity contribution in [2.75, 3.05) is 25.8 Å². The lowest BCUT2D eigenvalue weighted by Crippen LogP contribution is -2.03. The maximum absolute atomic E-state index is 5.53. The summed E-state index contributed by atoms with van der Waals surface area (Å²) in [5.41, 5.74) is 2.29. The molecule has 0 aliphatic heterocycles. The average molecular weight is 388 g/mol. The topological polar surface area (TPSA) is 56.3 Å². The van der Waals surface area contributed by atoms with E-state index in [1.807, 2.05) is 35.8 Å². The molecule has 3 aromatic rings. The van der Waals surface area contributed by atoms with Gasteiger partial charge < -0.3 is 14.8 Å². The molecule has 1 aliphatic carbocycles. The van der Waals surface area contributed by atoms with Gasteiger partial charge in [-0.05, 0) is 49.6 Å². The van der Waals surface area contributed by atoms with Gasteiger partial charge in [0.2, 0.25) is 0 Å². The van der Waals surface area contributed by atoms with Crippen LogP contribution in [0.3, 0.4) is 0 Å². The van der Waals surface area contributed by atoms with E-state index >= 15 is 0 Å². The molecule has 0 spiro atoms. The van der Waals surface area contributed by atoms with Crippen molar-refractivity contribution in [3.05, 3.63) is 28.6 Å². The van der Waals surface area contributed by atoms with Crippen molar-refractivity contribution in [1.82, 2.24) is 9.97 Å². The van der Waals surface area contributed by atoms with E-state index < -0.39 is 0 Å². The van der Waals surface area contributed by atoms with Crippen LogP contribution < -0.4 is 14.8 Å². The largest absolute Gasteiger partial charge is 0.497 e. The molecule has 4 rings (SSSR count). The molecule has 0 saturated carbocycles. The molecule has 0 radical (unpaired) electrons. The van der Waals surface area contributed by atoms with Gasteiger partial charge in [0.25, 0.3) is 0 Å². The Kier molecular flexibility index (Phi) is 4.91. The summed E-state index contributed by atoms with van der Waals surface area (Å²) in [6.07, 6.45) is 6.75. The van der Waals surface area contributed by atoms with Crippen molar-refractivity contribution < 1.29 is 9.47 Å². The van der Waals surface area contributed by atoms with E-state index in [-0.39, 0.29) is 0 Å². The zero-order valence-corrected chi connectivity index (χ0v) is 16.7. The van der Waals surface area contributed by atoms with E-state index in [1.54, 1.807) is 26.0 Å². The Labute approximate surface area is 161 Å². The lowest BCUT2D eigenvalue weighted by atomic mass is 9.97. The molecule has 0 fully saturated rings. The molecule has 0 unspecified atom stereocenters. The third-order valence-electron chi connectivity index (χ3n) is 4.64. The minimum atomic E-state index is 0.728. The normalized spacial score (nSPS) is 13.5. The van der Waals surface area contributed by atoms with Gasteiger partial charge in [-0.3, -0.25) is 0 Å². The maximum Gasteiger partial charge on any atom is 0.190 e. The lowest BCUT2D eigenvalue weighted by molar-refractivity contribution is 0.395. The van der Waals surface area contributed by atoms with Crippen LogP contribution in [0.15, 0.2) is 23.4 Å². The number of rotatable bonds is 5. The quantitative estimate of drug-likeness (QED) is 0.488. The average Bonchev–Trinajstić information content (AvgIpc) is 3.06. The summed E-state index contributed by atoms with van der Waals surface area (Å²) in [6, 6.07) is 5.75. The number of benzene rings is 1. The highest BCUT2D eigenvalue weighted by atomic mass is 32.2. The predicted molar refractivity (Wildman–Crippen MR) is 109 cm³/mol. The highest BCUT2D eigenvalue weighted by Gasteiger charge is 2.21. The minimum absolute atomic E-state index is 0.728. The van der Waals surface area contributed by atoms with Crippen LogP contribution in [0.4, 0.5) is 11.5 Å². The SMILES string of the molecule is COc1ccc(Nc2nc(SC)nc3sc4c(c23)CCCC4)c(OC)c1. The molecule has 136 valence electrons. The van der Waals surface area contributed by atoms with Gasteiger partial charge in [-0.1, -0.05) is 11.8 Å². The summed E-state index contributed by atoms with van der Waals surface area (Å²) in [7, 11) is 3.31. The van der Waals surface area contributed by atoms with Crippen molar-refractivity contribution in [2.45, 2.75) is 30.8 Å². The molecular formula is C19H21N3O2S2. The van der Waals surface area contributed by atoms with Gasteiger partial charge in [-0.15, -0.1) is 11.3 Å². The highest BCUT2D eigenvalue weighted by Crippen LogP contribution is 2.41. The van der Waals surface area contributed by atoms with Crippen LogP contribution in [-0.2, 0) is 12.8 Å². The molecule has 1 N–H and O–H groups in total. The number of hydrogen-bond acceptors (Lipinski definition) is 7. The molecule has 0 amide bonds. The number of methoxy groups -OCH3 is 2. The summed E-state index contributed by atoms with van der Waals surface area (Å²) < 4.78 is 10.8. The molecule has 7 heteroatoms. The van der Waals surface area contributed by atoms with Crippen molar-refractivity contribution >= 4 is 44.8 Å². The van der Waals surface area contributed by atoms with Crippen molar-refractivity contribution in [2.24, 2.45) is 0 Å². The van der Waals surface area contributed by atoms with E-state index in [4.69, 9.17) is 19.4 Å². The minimum Gasteiger partial charge on any atom is -0.497 e. The number of thiophene rings is 1. The Morgan fingerprint density at radius 3 is 2.73 bits per heavy atom. The summed E-state index contributed by atoms with van der Waals surface area (Å²) in [6.45, 7) is 0. The molecule has 2 aromatic heterocycles. The molecule has 1 aromatic carbocycles. The van der Waals surface area contributed by atoms with Crippen molar-refractivity contribution in [3.8, 4) is 11.5 Å². The molecule has 5 nitrogen and oxygen atoms in total. The number of hydrogen-bond donors (Lipinski definition) is 1. The van der Waals surface area contributed by atoms with Gasteiger partial charge in [-0.25, -0.2) is 9.97 Å². The number of nitrogens with one attached hydrogen (secondary N) is 1. The zero-order chi connectivity index (χ0) is 18.1. The van der Waals surface area contributed by atoms with E-state index in [9.17, 15) is 0 Å². The second-order valence-corrected chi connectivity index (χ2v) is 8.00. The summed E-state index contributed by atoms with van der Waals surface area (Å²) in [5, 5.41) is 5.44. The lowest BCUT2D eigenvalue weighted by Gasteiger charge is -2.15. The first-order valence-electron chi connectivity index (χ1n) is 8.58. The number of nitrogens with zero attached hydrogens (tertiary/aromatic N) is 2. The Balaban J connectivity index is 1.84. The Bertz CT molecular complexity index is 956. The smallest absolute Gasteiger partial charge is 0.190 e. The number of aromatic nitrogens is 2. The Hall–Kier alpha value is -1.99. The van der Waals surface area contributed by atoms with Crippen LogP contribution in [0.1, 0.15) is 23.3 Å². The van der Waals surface area contributed by atoms with Crippen LogP contribution in [0.2, 0.25) is 0 Å². The van der Waals surface area contributed by atoms with E-state index in [0.717, 1.165) is 45.8 Å². The number of ether oxygens (including phenoxy) is 2. The number of thioether (sulfide) groups is 1. The van der Waals surface area contributed by atoms with Gasteiger partial charge in [-0.2, -0.15) is 0 Å². The number of anilines is 2. The standard InChI is InChI=1S/C19H21N3O2S2/c1-23-11-8-9-13(14(10-11)24-2)20-17-16-12-6-4-5-7-15(12)26-18(16)22-19(21-17)25-3/h8-10H,4-7H2,1-3H3,(H,20,21,22). The molecule has 1 aliphatic rings. The molecule has 0 bridgehead atoms. The van der Waals surface area contributed by atoms with Crippen LogP contribution in [0.5, 0.6) is 11.5 Å². The monoisotopic (exact) mass is 387 g/mol. The fraction of sp³-hybridized carbons (Fsp3) is 0.368. The summed E-state index contributed by atoms with van der Waals surface area (Å²) in [4.78, 5) is 12.1. The number of fused-ring (bicyclic) bond motifs is 3. The zero-order valence-electron chi connectivity index (χ0n) is 15.1. The Morgan fingerprint density at radius 1 is 1.12 bits per heavy atom. The van der Waals surface area contributed by atoms with Crippen molar-refractivity contribution in [1.29, 1.82) is 0 Å². The van der Waals surface area contributed by atoms with Gasteiger partial charge >= 0.3 is 0 Å². The number of aryl methyl sites for hydroxylation is 2. The summed E-state index contributed by atoms with van der Waals surface area (Å²) >= 11 is 3.38. The van der Waals surface area contributed by atoms with Crippen LogP contribution >= 0.6 is 23.1 Å². The molecule has 0 saturated heterocycles. The first-order valence-corrected chi connectivity index (χ1v) is 10.6. The molecule has 0 atom stereocenters. The van der Waals surface area contributed by atoms with E-state index in [0.29, 0.717) is 0 Å². The first-order chi connectivity index (χ1) is 12.7. The third kappa shape index (κ3) is 3.10. The maximum atomic E-state index is 5.53. The molecule has 26 heavy (non-hydrogen) atoms. The predicted octanol–water partition coefficient (Wildman–Crippen LogP) is 5.05. The van der Waals surface area contributed by atoms with Gasteiger partial charge in [0.15, 0.2) is 5.16 Å². The van der Waals surface area contributed by atoms with E-state index in [1.165, 1.54) is 28.7 Å².